The molecule has 1 aromatic rings. The van der Waals surface area contributed by atoms with E-state index in [0.29, 0.717) is 0 Å². The van der Waals surface area contributed by atoms with Crippen molar-refractivity contribution in [3.05, 3.63) is 28.8 Å². The Bertz CT molecular complexity index is 537. The molecule has 1 rings (SSSR count). The van der Waals surface area contributed by atoms with Gasteiger partial charge in [-0.15, -0.1) is 24.8 Å². The lowest BCUT2D eigenvalue weighted by Crippen LogP contribution is -2.19. The van der Waals surface area contributed by atoms with Crippen molar-refractivity contribution in [3.63, 3.8) is 0 Å². The van der Waals surface area contributed by atoms with Gasteiger partial charge in [-0.1, -0.05) is 6.07 Å². The first-order valence-electron chi connectivity index (χ1n) is 4.86. The predicted molar refractivity (Wildman–Crippen MR) is 58.7 cm³/mol. The molecule has 19 heavy (non-hydrogen) atoms. The number of hydrogen-bond acceptors (Lipinski definition) is 3. The lowest BCUT2D eigenvalue weighted by molar-refractivity contribution is -0.275. The Morgan fingerprint density at radius 2 is 2.11 bits per heavy atom. The summed E-state index contributed by atoms with van der Waals surface area (Å²) in [4.78, 5) is 10.6. The maximum absolute atomic E-state index is 12.2. The fourth-order valence-corrected chi connectivity index (χ4v) is 1.65. The highest BCUT2D eigenvalue weighted by Crippen LogP contribution is 2.32. The molecule has 0 aromatic heterocycles. The highest BCUT2D eigenvalue weighted by molar-refractivity contribution is 6.17. The van der Waals surface area contributed by atoms with E-state index in [2.05, 4.69) is 4.74 Å². The van der Waals surface area contributed by atoms with Crippen molar-refractivity contribution < 1.29 is 27.8 Å². The zero-order valence-corrected chi connectivity index (χ0v) is 10.0. The number of carboxylic acid groups (broad SMARTS) is 1. The minimum absolute atomic E-state index is 0.0886. The first kappa shape index (κ1) is 15.1. The summed E-state index contributed by atoms with van der Waals surface area (Å²) in [6.45, 7) is 0. The number of alkyl halides is 4. The summed E-state index contributed by atoms with van der Waals surface area (Å²) >= 11 is 5.49. The van der Waals surface area contributed by atoms with Crippen LogP contribution in [-0.4, -0.2) is 17.4 Å². The third-order valence-electron chi connectivity index (χ3n) is 2.06. The Hall–Kier alpha value is -1.94. The van der Waals surface area contributed by atoms with Crippen LogP contribution in [0.4, 0.5) is 13.2 Å². The Morgan fingerprint density at radius 1 is 1.47 bits per heavy atom. The number of benzene rings is 1. The van der Waals surface area contributed by atoms with Crippen LogP contribution >= 0.6 is 11.6 Å². The minimum Gasteiger partial charge on any atom is -0.481 e. The van der Waals surface area contributed by atoms with E-state index in [-0.39, 0.29) is 17.0 Å². The molecule has 102 valence electrons. The van der Waals surface area contributed by atoms with Crippen LogP contribution in [0.3, 0.4) is 0 Å². The molecular weight excluding hydrogens is 287 g/mol. The van der Waals surface area contributed by atoms with Gasteiger partial charge in [0.1, 0.15) is 6.07 Å². The molecule has 0 spiro atoms. The molecule has 0 aliphatic heterocycles. The molecule has 0 unspecified atom stereocenters. The minimum atomic E-state index is -4.96. The van der Waals surface area contributed by atoms with E-state index in [1.165, 1.54) is 12.1 Å². The molecule has 0 aliphatic carbocycles. The maximum atomic E-state index is 12.2. The molecular formula is C11H7ClF3NO3. The van der Waals surface area contributed by atoms with E-state index in [9.17, 15) is 18.0 Å². The van der Waals surface area contributed by atoms with Gasteiger partial charge >= 0.3 is 12.3 Å². The summed E-state index contributed by atoms with van der Waals surface area (Å²) < 4.78 is 40.4. The number of aliphatic carboxylic acids is 1. The van der Waals surface area contributed by atoms with Crippen LogP contribution in [0.15, 0.2) is 12.1 Å². The van der Waals surface area contributed by atoms with Crippen molar-refractivity contribution >= 4 is 17.6 Å². The van der Waals surface area contributed by atoms with Crippen molar-refractivity contribution in [2.24, 2.45) is 0 Å². The summed E-state index contributed by atoms with van der Waals surface area (Å²) in [5, 5.41) is 17.4. The van der Waals surface area contributed by atoms with Crippen molar-refractivity contribution in [2.45, 2.75) is 18.7 Å². The Balaban J connectivity index is 3.30. The maximum Gasteiger partial charge on any atom is 0.573 e. The summed E-state index contributed by atoms with van der Waals surface area (Å²) in [5.74, 6) is -2.21. The number of halogens is 4. The van der Waals surface area contributed by atoms with Gasteiger partial charge in [-0.3, -0.25) is 4.79 Å². The van der Waals surface area contributed by atoms with E-state index < -0.39 is 30.1 Å². The Kier molecular flexibility index (Phi) is 4.62. The first-order valence-corrected chi connectivity index (χ1v) is 5.39. The highest BCUT2D eigenvalue weighted by atomic mass is 35.5. The SMILES string of the molecule is N#Cc1cc(CC(=O)O)cc(CCl)c1OC(F)(F)F. The van der Waals surface area contributed by atoms with Gasteiger partial charge in [0.25, 0.3) is 0 Å². The van der Waals surface area contributed by atoms with Crippen LogP contribution in [0.25, 0.3) is 0 Å². The molecule has 0 fully saturated rings. The molecule has 0 saturated heterocycles. The van der Waals surface area contributed by atoms with E-state index in [1.807, 2.05) is 0 Å². The van der Waals surface area contributed by atoms with E-state index in [4.69, 9.17) is 22.0 Å². The van der Waals surface area contributed by atoms with Crippen LogP contribution in [0.2, 0.25) is 0 Å². The van der Waals surface area contributed by atoms with Gasteiger partial charge in [0.2, 0.25) is 0 Å². The summed E-state index contributed by atoms with van der Waals surface area (Å²) in [7, 11) is 0. The molecule has 0 radical (unpaired) electrons. The quantitative estimate of drug-likeness (QED) is 0.867. The van der Waals surface area contributed by atoms with Gasteiger partial charge in [-0.05, 0) is 11.6 Å². The van der Waals surface area contributed by atoms with Gasteiger partial charge < -0.3 is 9.84 Å². The number of rotatable bonds is 4. The van der Waals surface area contributed by atoms with Crippen molar-refractivity contribution in [1.82, 2.24) is 0 Å². The van der Waals surface area contributed by atoms with Crippen molar-refractivity contribution in [1.29, 1.82) is 5.26 Å². The second kappa shape index (κ2) is 5.80. The first-order chi connectivity index (χ1) is 8.76. The molecule has 1 N–H and O–H groups in total. The van der Waals surface area contributed by atoms with Crippen LogP contribution in [-0.2, 0) is 17.1 Å². The van der Waals surface area contributed by atoms with Gasteiger partial charge in [0.15, 0.2) is 5.75 Å². The van der Waals surface area contributed by atoms with Crippen LogP contribution in [0.1, 0.15) is 16.7 Å². The monoisotopic (exact) mass is 293 g/mol. The standard InChI is InChI=1S/C11H7ClF3NO3/c12-4-7-1-6(3-9(17)18)2-8(5-16)10(7)19-11(13,14)15/h1-2H,3-4H2,(H,17,18). The molecule has 0 atom stereocenters. The molecule has 0 saturated carbocycles. The van der Waals surface area contributed by atoms with E-state index in [1.54, 1.807) is 0 Å². The average molecular weight is 294 g/mol. The Morgan fingerprint density at radius 3 is 2.53 bits per heavy atom. The normalized spacial score (nSPS) is 10.9. The fraction of sp³-hybridized carbons (Fsp3) is 0.273. The second-order valence-corrected chi connectivity index (χ2v) is 3.76. The second-order valence-electron chi connectivity index (χ2n) is 3.50. The van der Waals surface area contributed by atoms with E-state index in [0.717, 1.165) is 6.07 Å². The topological polar surface area (TPSA) is 70.3 Å². The summed E-state index contributed by atoms with van der Waals surface area (Å²) in [6, 6.07) is 3.73. The molecule has 0 heterocycles. The van der Waals surface area contributed by atoms with Crippen LogP contribution < -0.4 is 4.74 Å². The van der Waals surface area contributed by atoms with Gasteiger partial charge in [-0.2, -0.15) is 5.26 Å². The van der Waals surface area contributed by atoms with Crippen molar-refractivity contribution in [2.75, 3.05) is 0 Å². The lowest BCUT2D eigenvalue weighted by Gasteiger charge is -2.14. The van der Waals surface area contributed by atoms with Gasteiger partial charge in [0, 0.05) is 5.56 Å². The fourth-order valence-electron chi connectivity index (χ4n) is 1.45. The molecule has 0 amide bonds. The van der Waals surface area contributed by atoms with E-state index >= 15 is 0 Å². The predicted octanol–water partition coefficient (Wildman–Crippen LogP) is 2.82. The van der Waals surface area contributed by atoms with Crippen molar-refractivity contribution in [3.8, 4) is 11.8 Å². The highest BCUT2D eigenvalue weighted by Gasteiger charge is 2.33. The summed E-state index contributed by atoms with van der Waals surface area (Å²) in [6.07, 6.45) is -5.38. The van der Waals surface area contributed by atoms with Crippen LogP contribution in [0, 0.1) is 11.3 Å². The molecule has 8 heteroatoms. The number of nitrogens with zero attached hydrogens (tertiary/aromatic N) is 1. The molecule has 0 aliphatic rings. The number of carboxylic acids is 1. The smallest absolute Gasteiger partial charge is 0.481 e. The number of ether oxygens (including phenoxy) is 1. The lowest BCUT2D eigenvalue weighted by atomic mass is 10.0. The molecule has 1 aromatic carbocycles. The average Bonchev–Trinajstić information content (AvgIpc) is 2.28. The van der Waals surface area contributed by atoms with Gasteiger partial charge in [0.05, 0.1) is 17.9 Å². The third kappa shape index (κ3) is 4.34. The molecule has 0 bridgehead atoms. The largest absolute Gasteiger partial charge is 0.573 e. The van der Waals surface area contributed by atoms with Gasteiger partial charge in [-0.25, -0.2) is 0 Å². The Labute approximate surface area is 111 Å². The zero-order valence-electron chi connectivity index (χ0n) is 9.29. The number of hydrogen-bond donors (Lipinski definition) is 1. The number of carbonyl (C=O) groups is 1. The molecule has 4 nitrogen and oxygen atoms in total. The third-order valence-corrected chi connectivity index (χ3v) is 2.35. The zero-order chi connectivity index (χ0) is 14.6. The summed E-state index contributed by atoms with van der Waals surface area (Å²) in [5.41, 5.74) is -0.324. The number of nitriles is 1. The van der Waals surface area contributed by atoms with Crippen LogP contribution in [0.5, 0.6) is 5.75 Å².